The number of hydrogen-bond donors (Lipinski definition) is 0. The molecule has 148 valence electrons. The van der Waals surface area contributed by atoms with E-state index in [2.05, 4.69) is 45.2 Å². The van der Waals surface area contributed by atoms with Crippen molar-refractivity contribution in [2.45, 2.75) is 12.8 Å². The Morgan fingerprint density at radius 2 is 1.66 bits per heavy atom. The molecule has 0 radical (unpaired) electrons. The maximum atomic E-state index is 12.8. The number of rotatable bonds is 6. The van der Waals surface area contributed by atoms with Crippen LogP contribution in [0.2, 0.25) is 0 Å². The van der Waals surface area contributed by atoms with E-state index in [0.717, 1.165) is 56.7 Å². The Bertz CT molecular complexity index is 905. The number of aryl methyl sites for hydroxylation is 1. The quantitative estimate of drug-likeness (QED) is 0.650. The summed E-state index contributed by atoms with van der Waals surface area (Å²) in [6.07, 6.45) is 7.55. The first kappa shape index (κ1) is 19.3. The fourth-order valence-corrected chi connectivity index (χ4v) is 3.71. The van der Waals surface area contributed by atoms with Gasteiger partial charge in [-0.2, -0.15) is 0 Å². The third-order valence-electron chi connectivity index (χ3n) is 5.42. The summed E-state index contributed by atoms with van der Waals surface area (Å²) in [5.41, 5.74) is 3.87. The van der Waals surface area contributed by atoms with Gasteiger partial charge >= 0.3 is 0 Å². The van der Waals surface area contributed by atoms with Gasteiger partial charge < -0.3 is 4.90 Å². The van der Waals surface area contributed by atoms with Gasteiger partial charge in [-0.05, 0) is 37.1 Å². The number of pyridine rings is 2. The van der Waals surface area contributed by atoms with Crippen LogP contribution in [0.15, 0.2) is 73.2 Å². The van der Waals surface area contributed by atoms with E-state index in [9.17, 15) is 4.79 Å². The van der Waals surface area contributed by atoms with Gasteiger partial charge in [-0.3, -0.25) is 19.7 Å². The highest BCUT2D eigenvalue weighted by Gasteiger charge is 2.22. The van der Waals surface area contributed by atoms with E-state index in [1.54, 1.807) is 18.6 Å². The number of carbonyl (C=O) groups is 1. The van der Waals surface area contributed by atoms with E-state index in [4.69, 9.17) is 0 Å². The van der Waals surface area contributed by atoms with Gasteiger partial charge in [0.05, 0.1) is 0 Å². The second kappa shape index (κ2) is 9.43. The number of hydrogen-bond acceptors (Lipinski definition) is 4. The molecule has 0 saturated carbocycles. The fourth-order valence-electron chi connectivity index (χ4n) is 3.71. The number of nitrogens with zero attached hydrogens (tertiary/aromatic N) is 4. The van der Waals surface area contributed by atoms with E-state index in [-0.39, 0.29) is 5.91 Å². The van der Waals surface area contributed by atoms with Gasteiger partial charge in [-0.15, -0.1) is 0 Å². The van der Waals surface area contributed by atoms with Crippen LogP contribution in [0.5, 0.6) is 0 Å². The lowest BCUT2D eigenvalue weighted by Crippen LogP contribution is -2.49. The maximum absolute atomic E-state index is 12.8. The third kappa shape index (κ3) is 5.06. The Morgan fingerprint density at radius 3 is 2.34 bits per heavy atom. The normalized spacial score (nSPS) is 14.7. The molecule has 1 aliphatic rings. The Labute approximate surface area is 172 Å². The van der Waals surface area contributed by atoms with Crippen molar-refractivity contribution >= 4 is 5.91 Å². The first-order valence-electron chi connectivity index (χ1n) is 10.2. The Kier molecular flexibility index (Phi) is 6.27. The molecule has 1 aliphatic heterocycles. The monoisotopic (exact) mass is 386 g/mol. The molecule has 1 saturated heterocycles. The zero-order chi connectivity index (χ0) is 19.9. The van der Waals surface area contributed by atoms with Crippen molar-refractivity contribution in [3.05, 3.63) is 84.4 Å². The predicted octanol–water partition coefficient (Wildman–Crippen LogP) is 3.53. The second-order valence-electron chi connectivity index (χ2n) is 7.40. The number of amides is 1. The van der Waals surface area contributed by atoms with Gasteiger partial charge in [0.1, 0.15) is 5.69 Å². The van der Waals surface area contributed by atoms with Gasteiger partial charge in [0.2, 0.25) is 0 Å². The highest BCUT2D eigenvalue weighted by molar-refractivity contribution is 5.92. The fraction of sp³-hybridized carbons (Fsp3) is 0.292. The minimum Gasteiger partial charge on any atom is -0.335 e. The maximum Gasteiger partial charge on any atom is 0.272 e. The summed E-state index contributed by atoms with van der Waals surface area (Å²) in [4.78, 5) is 25.7. The topological polar surface area (TPSA) is 49.3 Å². The van der Waals surface area contributed by atoms with Crippen LogP contribution < -0.4 is 0 Å². The molecule has 4 rings (SSSR count). The highest BCUT2D eigenvalue weighted by atomic mass is 16.2. The van der Waals surface area contributed by atoms with Gasteiger partial charge in [0.15, 0.2) is 0 Å². The van der Waals surface area contributed by atoms with Crippen molar-refractivity contribution < 1.29 is 4.79 Å². The van der Waals surface area contributed by atoms with E-state index < -0.39 is 0 Å². The van der Waals surface area contributed by atoms with Crippen molar-refractivity contribution in [3.8, 4) is 11.1 Å². The van der Waals surface area contributed by atoms with Crippen LogP contribution in [-0.4, -0.2) is 58.4 Å². The molecule has 0 unspecified atom stereocenters. The van der Waals surface area contributed by atoms with Gasteiger partial charge in [0, 0.05) is 55.9 Å². The third-order valence-corrected chi connectivity index (χ3v) is 5.42. The molecule has 5 nitrogen and oxygen atoms in total. The smallest absolute Gasteiger partial charge is 0.272 e. The molecule has 0 spiro atoms. The lowest BCUT2D eigenvalue weighted by Gasteiger charge is -2.34. The molecule has 3 heterocycles. The van der Waals surface area contributed by atoms with Crippen LogP contribution in [0, 0.1) is 0 Å². The SMILES string of the molecule is O=C(c1ccc(-c2cccnc2)cn1)N1CCN(CCCc2ccccc2)CC1. The lowest BCUT2D eigenvalue weighted by molar-refractivity contribution is 0.0630. The van der Waals surface area contributed by atoms with E-state index >= 15 is 0 Å². The zero-order valence-electron chi connectivity index (χ0n) is 16.6. The molecule has 0 N–H and O–H groups in total. The Balaban J connectivity index is 1.25. The van der Waals surface area contributed by atoms with E-state index in [1.165, 1.54) is 5.56 Å². The van der Waals surface area contributed by atoms with Gasteiger partial charge in [0.25, 0.3) is 5.91 Å². The minimum atomic E-state index is 0.0201. The van der Waals surface area contributed by atoms with Gasteiger partial charge in [-0.1, -0.05) is 42.5 Å². The molecule has 5 heteroatoms. The lowest BCUT2D eigenvalue weighted by atomic mass is 10.1. The van der Waals surface area contributed by atoms with Crippen LogP contribution >= 0.6 is 0 Å². The Hall–Kier alpha value is -3.05. The molecular formula is C24H26N4O. The van der Waals surface area contributed by atoms with Crippen LogP contribution in [0.3, 0.4) is 0 Å². The number of aromatic nitrogens is 2. The Morgan fingerprint density at radius 1 is 0.862 bits per heavy atom. The van der Waals surface area contributed by atoms with E-state index in [1.807, 2.05) is 29.2 Å². The molecule has 1 fully saturated rings. The average molecular weight is 386 g/mol. The molecule has 1 aromatic carbocycles. The number of benzene rings is 1. The summed E-state index contributed by atoms with van der Waals surface area (Å²) < 4.78 is 0. The highest BCUT2D eigenvalue weighted by Crippen LogP contribution is 2.17. The summed E-state index contributed by atoms with van der Waals surface area (Å²) in [6, 6.07) is 18.3. The molecule has 29 heavy (non-hydrogen) atoms. The molecule has 2 aromatic heterocycles. The molecule has 0 aliphatic carbocycles. The van der Waals surface area contributed by atoms with Crippen LogP contribution in [0.4, 0.5) is 0 Å². The van der Waals surface area contributed by atoms with Crippen molar-refractivity contribution in [1.82, 2.24) is 19.8 Å². The van der Waals surface area contributed by atoms with Crippen LogP contribution in [0.1, 0.15) is 22.5 Å². The molecule has 3 aromatic rings. The predicted molar refractivity (Wildman–Crippen MR) is 115 cm³/mol. The van der Waals surface area contributed by atoms with Crippen molar-refractivity contribution in [1.29, 1.82) is 0 Å². The summed E-state index contributed by atoms with van der Waals surface area (Å²) in [6.45, 7) is 4.45. The molecule has 1 amide bonds. The molecule has 0 bridgehead atoms. The zero-order valence-corrected chi connectivity index (χ0v) is 16.6. The minimum absolute atomic E-state index is 0.0201. The largest absolute Gasteiger partial charge is 0.335 e. The van der Waals surface area contributed by atoms with Gasteiger partial charge in [-0.25, -0.2) is 0 Å². The summed E-state index contributed by atoms with van der Waals surface area (Å²) in [7, 11) is 0. The van der Waals surface area contributed by atoms with Crippen LogP contribution in [0.25, 0.3) is 11.1 Å². The van der Waals surface area contributed by atoms with E-state index in [0.29, 0.717) is 5.69 Å². The summed E-state index contributed by atoms with van der Waals surface area (Å²) in [5, 5.41) is 0. The average Bonchev–Trinajstić information content (AvgIpc) is 2.80. The molecule has 0 atom stereocenters. The van der Waals surface area contributed by atoms with Crippen molar-refractivity contribution in [3.63, 3.8) is 0 Å². The first-order chi connectivity index (χ1) is 14.3. The first-order valence-corrected chi connectivity index (χ1v) is 10.2. The van der Waals surface area contributed by atoms with Crippen molar-refractivity contribution in [2.24, 2.45) is 0 Å². The van der Waals surface area contributed by atoms with Crippen molar-refractivity contribution in [2.75, 3.05) is 32.7 Å². The number of piperazine rings is 1. The number of carbonyl (C=O) groups excluding carboxylic acids is 1. The summed E-state index contributed by atoms with van der Waals surface area (Å²) >= 11 is 0. The standard InChI is InChI=1S/C24H26N4O/c29-24(23-11-10-22(19-26-23)21-9-4-12-25-18-21)28-16-14-27(15-17-28)13-5-8-20-6-2-1-3-7-20/h1-4,6-7,9-12,18-19H,5,8,13-17H2. The van der Waals surface area contributed by atoms with Crippen LogP contribution in [-0.2, 0) is 6.42 Å². The molecular weight excluding hydrogens is 360 g/mol. The summed E-state index contributed by atoms with van der Waals surface area (Å²) in [5.74, 6) is 0.0201. The second-order valence-corrected chi connectivity index (χ2v) is 7.40.